The Balaban J connectivity index is 1.17. The van der Waals surface area contributed by atoms with Gasteiger partial charge < -0.3 is 19.4 Å². The van der Waals surface area contributed by atoms with Crippen molar-refractivity contribution in [1.29, 1.82) is 5.26 Å². The molecular formula is C32H31N9O4S. The minimum Gasteiger partial charge on any atom is -0.454 e. The van der Waals surface area contributed by atoms with Gasteiger partial charge in [0.25, 0.3) is 10.0 Å². The van der Waals surface area contributed by atoms with Crippen molar-refractivity contribution in [2.45, 2.75) is 43.5 Å². The number of fused-ring (bicyclic) bond motifs is 2. The summed E-state index contributed by atoms with van der Waals surface area (Å²) in [5, 5.41) is 18.3. The molecule has 5 aromatic heterocycles. The first-order chi connectivity index (χ1) is 22.0. The van der Waals surface area contributed by atoms with Crippen molar-refractivity contribution in [1.82, 2.24) is 33.3 Å². The lowest BCUT2D eigenvalue weighted by atomic mass is 9.91. The molecule has 0 unspecified atom stereocenters. The highest BCUT2D eigenvalue weighted by Gasteiger charge is 2.28. The Bertz CT molecular complexity index is 2250. The van der Waals surface area contributed by atoms with Gasteiger partial charge in [-0.2, -0.15) is 15.3 Å². The summed E-state index contributed by atoms with van der Waals surface area (Å²) in [5.74, 6) is 1.98. The Morgan fingerprint density at radius 1 is 1.09 bits per heavy atom. The highest BCUT2D eigenvalue weighted by Crippen LogP contribution is 2.33. The molecule has 7 rings (SSSR count). The van der Waals surface area contributed by atoms with Crippen molar-refractivity contribution < 1.29 is 17.9 Å². The van der Waals surface area contributed by atoms with E-state index in [1.807, 2.05) is 11.6 Å². The number of imidazole rings is 1. The van der Waals surface area contributed by atoms with Crippen LogP contribution in [0.4, 0.5) is 11.8 Å². The van der Waals surface area contributed by atoms with Crippen LogP contribution in [0.5, 0.6) is 11.5 Å². The number of hydrogen-bond donors (Lipinski definition) is 1. The van der Waals surface area contributed by atoms with Crippen LogP contribution in [-0.2, 0) is 27.2 Å². The third kappa shape index (κ3) is 5.13. The number of nitrogens with one attached hydrogen (secondary N) is 1. The lowest BCUT2D eigenvalue weighted by Gasteiger charge is -2.22. The molecule has 234 valence electrons. The van der Waals surface area contributed by atoms with Gasteiger partial charge in [-0.25, -0.2) is 22.4 Å². The topological polar surface area (TPSA) is 155 Å². The number of nitriles is 1. The maximum absolute atomic E-state index is 13.3. The monoisotopic (exact) mass is 637 g/mol. The van der Waals surface area contributed by atoms with Crippen molar-refractivity contribution in [3.05, 3.63) is 78.4 Å². The molecule has 0 bridgehead atoms. The fourth-order valence-electron chi connectivity index (χ4n) is 5.57. The molecule has 1 aromatic carbocycles. The molecule has 0 radical (unpaired) electrons. The highest BCUT2D eigenvalue weighted by atomic mass is 32.2. The highest BCUT2D eigenvalue weighted by molar-refractivity contribution is 7.90. The van der Waals surface area contributed by atoms with Gasteiger partial charge >= 0.3 is 0 Å². The molecule has 6 heterocycles. The predicted octanol–water partition coefficient (Wildman–Crippen LogP) is 5.42. The number of pyridine rings is 2. The van der Waals surface area contributed by atoms with E-state index >= 15 is 0 Å². The zero-order valence-electron chi connectivity index (χ0n) is 25.7. The van der Waals surface area contributed by atoms with Crippen LogP contribution in [-0.4, -0.2) is 54.9 Å². The summed E-state index contributed by atoms with van der Waals surface area (Å²) in [7, 11) is -2.09. The van der Waals surface area contributed by atoms with E-state index in [0.717, 1.165) is 22.7 Å². The van der Waals surface area contributed by atoms with E-state index in [0.29, 0.717) is 46.4 Å². The number of ether oxygens (including phenoxy) is 2. The maximum atomic E-state index is 13.3. The van der Waals surface area contributed by atoms with Crippen LogP contribution in [0, 0.1) is 11.3 Å². The van der Waals surface area contributed by atoms with Crippen LogP contribution in [0.25, 0.3) is 22.2 Å². The van der Waals surface area contributed by atoms with Gasteiger partial charge in [0.15, 0.2) is 17.1 Å². The van der Waals surface area contributed by atoms with Gasteiger partial charge in [0.1, 0.15) is 17.6 Å². The van der Waals surface area contributed by atoms with E-state index < -0.39 is 10.0 Å². The van der Waals surface area contributed by atoms with E-state index in [1.165, 1.54) is 24.5 Å². The van der Waals surface area contributed by atoms with E-state index in [2.05, 4.69) is 57.9 Å². The summed E-state index contributed by atoms with van der Waals surface area (Å²) in [4.78, 5) is 13.6. The minimum atomic E-state index is -3.96. The van der Waals surface area contributed by atoms with E-state index in [-0.39, 0.29) is 27.6 Å². The zero-order valence-corrected chi connectivity index (χ0v) is 26.5. The van der Waals surface area contributed by atoms with E-state index in [9.17, 15) is 13.7 Å². The first-order valence-corrected chi connectivity index (χ1v) is 16.1. The predicted molar refractivity (Wildman–Crippen MR) is 171 cm³/mol. The molecule has 13 nitrogen and oxygen atoms in total. The van der Waals surface area contributed by atoms with Crippen LogP contribution in [0.1, 0.15) is 44.5 Å². The third-order valence-corrected chi connectivity index (χ3v) is 9.62. The Morgan fingerprint density at radius 3 is 2.57 bits per heavy atom. The van der Waals surface area contributed by atoms with Crippen molar-refractivity contribution >= 4 is 44.0 Å². The van der Waals surface area contributed by atoms with Gasteiger partial charge in [0.05, 0.1) is 41.0 Å². The summed E-state index contributed by atoms with van der Waals surface area (Å²) in [6, 6.07) is 15.7. The first kappa shape index (κ1) is 29.5. The minimum absolute atomic E-state index is 0.0920. The van der Waals surface area contributed by atoms with Gasteiger partial charge in [-0.05, 0) is 24.6 Å². The van der Waals surface area contributed by atoms with Crippen molar-refractivity contribution in [3.63, 3.8) is 0 Å². The number of nitrogens with zero attached hydrogens (tertiary/aromatic N) is 8. The molecule has 0 spiro atoms. The number of benzene rings is 1. The van der Waals surface area contributed by atoms with Crippen LogP contribution >= 0.6 is 0 Å². The van der Waals surface area contributed by atoms with Crippen LogP contribution < -0.4 is 10.1 Å². The number of rotatable bonds is 7. The molecule has 1 atom stereocenters. The fraction of sp³-hybridized carbons (Fsp3) is 0.281. The smallest absolute Gasteiger partial charge is 0.269 e. The third-order valence-electron chi connectivity index (χ3n) is 7.95. The first-order valence-electron chi connectivity index (χ1n) is 14.7. The molecule has 1 fully saturated rings. The largest absolute Gasteiger partial charge is 0.454 e. The SMILES string of the molecule is Cn1c(Nc2cc(C(C)(C)C)n([C@H]3CCOC3)n2)nc2ncc(Oc3cnc4c(c3)c(C#N)cn4S(=O)(=O)c3ccccc3)cc21. The lowest BCUT2D eigenvalue weighted by Crippen LogP contribution is -2.22. The number of anilines is 2. The molecule has 1 saturated heterocycles. The van der Waals surface area contributed by atoms with E-state index in [1.54, 1.807) is 36.5 Å². The quantitative estimate of drug-likeness (QED) is 0.240. The van der Waals surface area contributed by atoms with Gasteiger partial charge in [-0.15, -0.1) is 0 Å². The summed E-state index contributed by atoms with van der Waals surface area (Å²) in [6.07, 6.45) is 5.16. The maximum Gasteiger partial charge on any atom is 0.269 e. The normalized spacial score (nSPS) is 15.4. The summed E-state index contributed by atoms with van der Waals surface area (Å²) < 4.78 is 43.3. The van der Waals surface area contributed by atoms with Gasteiger partial charge in [0.2, 0.25) is 5.95 Å². The molecule has 0 amide bonds. The average molecular weight is 638 g/mol. The number of hydrogen-bond acceptors (Lipinski definition) is 10. The Hall–Kier alpha value is -5.26. The van der Waals surface area contributed by atoms with Crippen molar-refractivity contribution in [3.8, 4) is 17.6 Å². The zero-order chi connectivity index (χ0) is 32.2. The van der Waals surface area contributed by atoms with E-state index in [4.69, 9.17) is 14.6 Å². The summed E-state index contributed by atoms with van der Waals surface area (Å²) >= 11 is 0. The molecule has 0 aliphatic carbocycles. The molecule has 0 saturated carbocycles. The Labute approximate surface area is 265 Å². The molecule has 1 N–H and O–H groups in total. The Morgan fingerprint density at radius 2 is 1.85 bits per heavy atom. The van der Waals surface area contributed by atoms with Crippen molar-refractivity contribution in [2.24, 2.45) is 7.05 Å². The molecule has 1 aliphatic rings. The summed E-state index contributed by atoms with van der Waals surface area (Å²) in [6.45, 7) is 7.86. The van der Waals surface area contributed by atoms with Gasteiger partial charge in [0, 0.05) is 48.5 Å². The second-order valence-corrected chi connectivity index (χ2v) is 14.0. The lowest BCUT2D eigenvalue weighted by molar-refractivity contribution is 0.183. The number of aromatic nitrogens is 7. The molecule has 6 aromatic rings. The van der Waals surface area contributed by atoms with Crippen LogP contribution in [0.2, 0.25) is 0 Å². The fourth-order valence-corrected chi connectivity index (χ4v) is 6.92. The molecule has 46 heavy (non-hydrogen) atoms. The average Bonchev–Trinajstić information content (AvgIpc) is 3.84. The van der Waals surface area contributed by atoms with Gasteiger partial charge in [-0.3, -0.25) is 4.68 Å². The van der Waals surface area contributed by atoms with Crippen LogP contribution in [0.3, 0.4) is 0 Å². The second kappa shape index (κ2) is 11.0. The molecule has 14 heteroatoms. The number of aryl methyl sites for hydroxylation is 1. The summed E-state index contributed by atoms with van der Waals surface area (Å²) in [5.41, 5.74) is 2.51. The van der Waals surface area contributed by atoms with Crippen molar-refractivity contribution in [2.75, 3.05) is 18.5 Å². The molecular weight excluding hydrogens is 606 g/mol. The molecule has 1 aliphatic heterocycles. The Kier molecular flexibility index (Phi) is 7.02. The van der Waals surface area contributed by atoms with Crippen LogP contribution in [0.15, 0.2) is 72.0 Å². The second-order valence-electron chi connectivity index (χ2n) is 12.2. The van der Waals surface area contributed by atoms with Gasteiger partial charge in [-0.1, -0.05) is 39.0 Å². The standard InChI is InChI=1S/C32H31N9O4S/c1-32(2,3)27-14-28(38-41(27)21-10-11-44-19-21)36-31-37-29-26(39(31)4)13-23(16-34-29)45-22-12-25-20(15-33)18-40(30(25)35-17-22)46(42,43)24-8-6-5-7-9-24/h5-9,12-14,16-18,21H,10-11,19H2,1-4H3,(H,34,36,37,38)/t21-/m0/s1.